The van der Waals surface area contributed by atoms with E-state index in [1.807, 2.05) is 0 Å². The van der Waals surface area contributed by atoms with E-state index in [0.29, 0.717) is 10.3 Å². The van der Waals surface area contributed by atoms with E-state index in [1.165, 1.54) is 23.5 Å². The van der Waals surface area contributed by atoms with Crippen LogP contribution in [0.5, 0.6) is 5.75 Å². The number of alkyl halides is 3. The summed E-state index contributed by atoms with van der Waals surface area (Å²) in [5.74, 6) is -0.875. The molecule has 1 saturated heterocycles. The fourth-order valence-electron chi connectivity index (χ4n) is 3.18. The summed E-state index contributed by atoms with van der Waals surface area (Å²) in [5.41, 5.74) is -0.874. The van der Waals surface area contributed by atoms with Gasteiger partial charge in [-0.3, -0.25) is 4.57 Å². The molecule has 1 aromatic heterocycles. The fourth-order valence-corrected chi connectivity index (χ4v) is 4.68. The molecule has 3 rings (SSSR count). The van der Waals surface area contributed by atoms with Crippen molar-refractivity contribution >= 4 is 10.0 Å². The maximum absolute atomic E-state index is 12.9. The predicted molar refractivity (Wildman–Crippen MR) is 92.5 cm³/mol. The standard InChI is InChI=1S/C16H19F3N4O4S/c1-21-14(16(17,18)19)20-23(15(21)24)11-6-8-22(9-7-11)28(25,26)13-5-3-4-12(10-13)27-2/h3-5,10-11H,6-9H2,1-2H3. The molecule has 1 aromatic carbocycles. The van der Waals surface area contributed by atoms with Crippen LogP contribution in [-0.4, -0.2) is 47.3 Å². The third kappa shape index (κ3) is 3.65. The molecule has 154 valence electrons. The van der Waals surface area contributed by atoms with Crippen LogP contribution in [-0.2, 0) is 23.2 Å². The van der Waals surface area contributed by atoms with Crippen molar-refractivity contribution in [2.24, 2.45) is 7.05 Å². The van der Waals surface area contributed by atoms with Gasteiger partial charge in [-0.05, 0) is 25.0 Å². The van der Waals surface area contributed by atoms with Crippen LogP contribution in [0.3, 0.4) is 0 Å². The minimum absolute atomic E-state index is 0.0641. The Morgan fingerprint density at radius 3 is 2.39 bits per heavy atom. The Morgan fingerprint density at radius 1 is 1.21 bits per heavy atom. The Bertz CT molecular complexity index is 1020. The first-order valence-electron chi connectivity index (χ1n) is 8.42. The number of nitrogens with zero attached hydrogens (tertiary/aromatic N) is 4. The zero-order chi connectivity index (χ0) is 20.7. The van der Waals surface area contributed by atoms with Crippen molar-refractivity contribution in [3.05, 3.63) is 40.6 Å². The van der Waals surface area contributed by atoms with Crippen molar-refractivity contribution in [1.29, 1.82) is 0 Å². The second kappa shape index (κ2) is 7.24. The van der Waals surface area contributed by atoms with E-state index >= 15 is 0 Å². The van der Waals surface area contributed by atoms with Gasteiger partial charge in [-0.2, -0.15) is 17.5 Å². The van der Waals surface area contributed by atoms with Crippen LogP contribution in [0.4, 0.5) is 13.2 Å². The van der Waals surface area contributed by atoms with Gasteiger partial charge in [-0.15, -0.1) is 5.10 Å². The Hall–Kier alpha value is -2.34. The molecule has 8 nitrogen and oxygen atoms in total. The van der Waals surface area contributed by atoms with Crippen LogP contribution in [0.25, 0.3) is 0 Å². The summed E-state index contributed by atoms with van der Waals surface area (Å²) in [7, 11) is -1.34. The molecule has 0 atom stereocenters. The molecule has 0 unspecified atom stereocenters. The van der Waals surface area contributed by atoms with Crippen LogP contribution in [0.2, 0.25) is 0 Å². The number of rotatable bonds is 4. The molecule has 0 spiro atoms. The maximum Gasteiger partial charge on any atom is 0.451 e. The molecule has 0 saturated carbocycles. The van der Waals surface area contributed by atoms with Crippen LogP contribution < -0.4 is 10.4 Å². The van der Waals surface area contributed by atoms with Gasteiger partial charge < -0.3 is 4.74 Å². The fraction of sp³-hybridized carbons (Fsp3) is 0.500. The van der Waals surface area contributed by atoms with Gasteiger partial charge in [0.1, 0.15) is 5.75 Å². The average molecular weight is 420 g/mol. The largest absolute Gasteiger partial charge is 0.497 e. The van der Waals surface area contributed by atoms with Gasteiger partial charge in [0.15, 0.2) is 0 Å². The lowest BCUT2D eigenvalue weighted by atomic mass is 10.1. The number of benzene rings is 1. The van der Waals surface area contributed by atoms with Crippen molar-refractivity contribution in [1.82, 2.24) is 18.7 Å². The highest BCUT2D eigenvalue weighted by Crippen LogP contribution is 2.30. The molecular formula is C16H19F3N4O4S. The van der Waals surface area contributed by atoms with E-state index in [2.05, 4.69) is 5.10 Å². The van der Waals surface area contributed by atoms with Crippen molar-refractivity contribution in [3.8, 4) is 5.75 Å². The first-order valence-corrected chi connectivity index (χ1v) is 9.86. The average Bonchev–Trinajstić information content (AvgIpc) is 2.97. The second-order valence-electron chi connectivity index (χ2n) is 6.42. The zero-order valence-electron chi connectivity index (χ0n) is 15.2. The first-order chi connectivity index (χ1) is 13.1. The number of methoxy groups -OCH3 is 1. The molecule has 12 heteroatoms. The topological polar surface area (TPSA) is 86.4 Å². The molecular weight excluding hydrogens is 401 g/mol. The van der Waals surface area contributed by atoms with Gasteiger partial charge in [-0.25, -0.2) is 17.9 Å². The number of hydrogen-bond donors (Lipinski definition) is 0. The summed E-state index contributed by atoms with van der Waals surface area (Å²) in [5, 5.41) is 3.43. The highest BCUT2D eigenvalue weighted by atomic mass is 32.2. The zero-order valence-corrected chi connectivity index (χ0v) is 16.0. The summed E-state index contributed by atoms with van der Waals surface area (Å²) >= 11 is 0. The lowest BCUT2D eigenvalue weighted by Gasteiger charge is -2.30. The quantitative estimate of drug-likeness (QED) is 0.751. The lowest BCUT2D eigenvalue weighted by molar-refractivity contribution is -0.147. The van der Waals surface area contributed by atoms with Crippen molar-refractivity contribution in [3.63, 3.8) is 0 Å². The summed E-state index contributed by atoms with van der Waals surface area (Å²) in [6.07, 6.45) is -4.38. The highest BCUT2D eigenvalue weighted by Gasteiger charge is 2.39. The monoisotopic (exact) mass is 420 g/mol. The van der Waals surface area contributed by atoms with Crippen molar-refractivity contribution in [2.75, 3.05) is 20.2 Å². The Morgan fingerprint density at radius 2 is 1.86 bits per heavy atom. The minimum atomic E-state index is -4.74. The number of hydrogen-bond acceptors (Lipinski definition) is 5. The molecule has 2 heterocycles. The van der Waals surface area contributed by atoms with Gasteiger partial charge in [0.05, 0.1) is 18.0 Å². The first kappa shape index (κ1) is 20.4. The van der Waals surface area contributed by atoms with Gasteiger partial charge >= 0.3 is 11.9 Å². The second-order valence-corrected chi connectivity index (χ2v) is 8.36. The highest BCUT2D eigenvalue weighted by molar-refractivity contribution is 7.89. The number of ether oxygens (including phenoxy) is 1. The van der Waals surface area contributed by atoms with Crippen LogP contribution in [0, 0.1) is 0 Å². The number of piperidine rings is 1. The number of aromatic nitrogens is 3. The molecule has 2 aromatic rings. The lowest BCUT2D eigenvalue weighted by Crippen LogP contribution is -2.41. The Balaban J connectivity index is 1.79. The molecule has 28 heavy (non-hydrogen) atoms. The Kier molecular flexibility index (Phi) is 5.28. The van der Waals surface area contributed by atoms with Crippen LogP contribution in [0.15, 0.2) is 34.0 Å². The third-order valence-electron chi connectivity index (χ3n) is 4.70. The molecule has 1 aliphatic rings. The van der Waals surface area contributed by atoms with Gasteiger partial charge in [-0.1, -0.05) is 6.07 Å². The van der Waals surface area contributed by atoms with E-state index in [4.69, 9.17) is 4.74 Å². The van der Waals surface area contributed by atoms with E-state index in [0.717, 1.165) is 11.7 Å². The number of sulfonamides is 1. The normalized spacial score (nSPS) is 17.0. The van der Waals surface area contributed by atoms with E-state index in [1.54, 1.807) is 12.1 Å². The van der Waals surface area contributed by atoms with Crippen molar-refractivity contribution in [2.45, 2.75) is 30.0 Å². The van der Waals surface area contributed by atoms with Crippen LogP contribution in [0.1, 0.15) is 24.7 Å². The molecule has 0 N–H and O–H groups in total. The van der Waals surface area contributed by atoms with E-state index < -0.39 is 33.8 Å². The molecule has 0 radical (unpaired) electrons. The number of halogens is 3. The van der Waals surface area contributed by atoms with Gasteiger partial charge in [0, 0.05) is 26.2 Å². The minimum Gasteiger partial charge on any atom is -0.497 e. The summed E-state index contributed by atoms with van der Waals surface area (Å²) in [6.45, 7) is 0.128. The Labute approximate surface area is 159 Å². The third-order valence-corrected chi connectivity index (χ3v) is 6.60. The molecule has 0 aliphatic carbocycles. The maximum atomic E-state index is 12.9. The molecule has 1 aliphatic heterocycles. The van der Waals surface area contributed by atoms with Gasteiger partial charge in [0.2, 0.25) is 15.8 Å². The smallest absolute Gasteiger partial charge is 0.451 e. The molecule has 1 fully saturated rings. The van der Waals surface area contributed by atoms with Gasteiger partial charge in [0.25, 0.3) is 0 Å². The van der Waals surface area contributed by atoms with Crippen molar-refractivity contribution < 1.29 is 26.3 Å². The summed E-state index contributed by atoms with van der Waals surface area (Å²) in [6, 6.07) is 5.43. The summed E-state index contributed by atoms with van der Waals surface area (Å²) < 4.78 is 72.0. The van der Waals surface area contributed by atoms with Crippen LogP contribution >= 0.6 is 0 Å². The molecule has 0 bridgehead atoms. The summed E-state index contributed by atoms with van der Waals surface area (Å²) in [4.78, 5) is 12.2. The predicted octanol–water partition coefficient (Wildman–Crippen LogP) is 1.64. The molecule has 0 amide bonds. The van der Waals surface area contributed by atoms with E-state index in [-0.39, 0.29) is 30.8 Å². The van der Waals surface area contributed by atoms with E-state index in [9.17, 15) is 26.4 Å². The SMILES string of the molecule is COc1cccc(S(=O)(=O)N2CCC(n3nc(C(F)(F)F)n(C)c3=O)CC2)c1.